The first-order valence-corrected chi connectivity index (χ1v) is 7.92. The Morgan fingerprint density at radius 3 is 2.86 bits per heavy atom. The zero-order valence-electron chi connectivity index (χ0n) is 12.9. The summed E-state index contributed by atoms with van der Waals surface area (Å²) in [5, 5.41) is 2.92. The van der Waals surface area contributed by atoms with Gasteiger partial charge in [-0.3, -0.25) is 4.79 Å². The lowest BCUT2D eigenvalue weighted by Crippen LogP contribution is -2.34. The summed E-state index contributed by atoms with van der Waals surface area (Å²) in [6.07, 6.45) is 5.01. The van der Waals surface area contributed by atoms with E-state index in [2.05, 4.69) is 10.2 Å². The highest BCUT2D eigenvalue weighted by Gasteiger charge is 2.09. The fraction of sp³-hybridized carbons (Fsp3) is 0.588. The maximum absolute atomic E-state index is 11.7. The second-order valence-electron chi connectivity index (χ2n) is 5.71. The predicted molar refractivity (Wildman–Crippen MR) is 84.6 cm³/mol. The van der Waals surface area contributed by atoms with Crippen molar-refractivity contribution in [2.45, 2.75) is 32.6 Å². The van der Waals surface area contributed by atoms with Crippen LogP contribution in [-0.4, -0.2) is 43.6 Å². The molecule has 0 saturated carbocycles. The van der Waals surface area contributed by atoms with Crippen molar-refractivity contribution in [1.82, 2.24) is 10.2 Å². The van der Waals surface area contributed by atoms with Gasteiger partial charge in [0, 0.05) is 6.54 Å². The van der Waals surface area contributed by atoms with Crippen molar-refractivity contribution < 1.29 is 9.53 Å². The lowest BCUT2D eigenvalue weighted by atomic mass is 10.1. The van der Waals surface area contributed by atoms with Gasteiger partial charge in [0.15, 0.2) is 6.61 Å². The molecule has 1 amide bonds. The van der Waals surface area contributed by atoms with Crippen LogP contribution in [0.2, 0.25) is 0 Å². The molecule has 0 aliphatic carbocycles. The van der Waals surface area contributed by atoms with Gasteiger partial charge in [-0.2, -0.15) is 0 Å². The number of hydrogen-bond acceptors (Lipinski definition) is 3. The van der Waals surface area contributed by atoms with Gasteiger partial charge in [-0.15, -0.1) is 0 Å². The fourth-order valence-corrected chi connectivity index (χ4v) is 2.62. The van der Waals surface area contributed by atoms with Gasteiger partial charge in [0.1, 0.15) is 5.75 Å². The number of carbonyl (C=O) groups is 1. The Labute approximate surface area is 127 Å². The summed E-state index contributed by atoms with van der Waals surface area (Å²) in [7, 11) is 0. The molecule has 0 radical (unpaired) electrons. The van der Waals surface area contributed by atoms with Crippen molar-refractivity contribution in [3.63, 3.8) is 0 Å². The number of nitrogens with zero attached hydrogens (tertiary/aromatic N) is 1. The number of benzene rings is 1. The summed E-state index contributed by atoms with van der Waals surface area (Å²) >= 11 is 0. The van der Waals surface area contributed by atoms with E-state index in [1.807, 2.05) is 31.2 Å². The molecule has 0 spiro atoms. The fourth-order valence-electron chi connectivity index (χ4n) is 2.62. The summed E-state index contributed by atoms with van der Waals surface area (Å²) in [6, 6.07) is 7.75. The molecule has 1 fully saturated rings. The molecule has 1 N–H and O–H groups in total. The third-order valence-electron chi connectivity index (χ3n) is 3.78. The summed E-state index contributed by atoms with van der Waals surface area (Å²) in [6.45, 7) is 6.33. The van der Waals surface area contributed by atoms with Crippen LogP contribution < -0.4 is 10.1 Å². The first-order valence-electron chi connectivity index (χ1n) is 7.92. The van der Waals surface area contributed by atoms with Crippen LogP contribution in [-0.2, 0) is 4.79 Å². The first-order chi connectivity index (χ1) is 10.2. The van der Waals surface area contributed by atoms with Crippen molar-refractivity contribution >= 4 is 5.91 Å². The summed E-state index contributed by atoms with van der Waals surface area (Å²) in [5.41, 5.74) is 1.13. The summed E-state index contributed by atoms with van der Waals surface area (Å²) < 4.78 is 5.47. The van der Waals surface area contributed by atoms with Gasteiger partial charge in [0.2, 0.25) is 0 Å². The van der Waals surface area contributed by atoms with Gasteiger partial charge in [-0.1, -0.05) is 18.6 Å². The molecule has 2 rings (SSSR count). The lowest BCUT2D eigenvalue weighted by Gasteiger charge is -2.26. The maximum atomic E-state index is 11.7. The van der Waals surface area contributed by atoms with Gasteiger partial charge in [0.25, 0.3) is 5.91 Å². The van der Waals surface area contributed by atoms with E-state index in [1.165, 1.54) is 32.4 Å². The minimum absolute atomic E-state index is 0.0462. The molecule has 21 heavy (non-hydrogen) atoms. The summed E-state index contributed by atoms with van der Waals surface area (Å²) in [4.78, 5) is 14.2. The average Bonchev–Trinajstić information content (AvgIpc) is 2.51. The number of carbonyl (C=O) groups excluding carboxylic acids is 1. The number of ether oxygens (including phenoxy) is 1. The maximum Gasteiger partial charge on any atom is 0.257 e. The Hall–Kier alpha value is -1.55. The Bertz CT molecular complexity index is 442. The van der Waals surface area contributed by atoms with E-state index in [1.54, 1.807) is 0 Å². The standard InChI is InChI=1S/C17H26N2O2/c1-15-7-5-8-16(13-15)21-14-17(20)18-9-6-12-19-10-3-2-4-11-19/h5,7-8,13H,2-4,6,9-12,14H2,1H3,(H,18,20). The Morgan fingerprint density at radius 2 is 2.10 bits per heavy atom. The highest BCUT2D eigenvalue weighted by atomic mass is 16.5. The van der Waals surface area contributed by atoms with Crippen LogP contribution in [0.15, 0.2) is 24.3 Å². The Kier molecular flexibility index (Phi) is 6.54. The highest BCUT2D eigenvalue weighted by molar-refractivity contribution is 5.77. The zero-order valence-corrected chi connectivity index (χ0v) is 12.9. The van der Waals surface area contributed by atoms with E-state index in [9.17, 15) is 4.79 Å². The predicted octanol–water partition coefficient (Wildman–Crippen LogP) is 2.37. The molecule has 4 nitrogen and oxygen atoms in total. The van der Waals surface area contributed by atoms with Crippen LogP contribution in [0.5, 0.6) is 5.75 Å². The van der Waals surface area contributed by atoms with E-state index in [0.717, 1.165) is 30.8 Å². The number of rotatable bonds is 7. The molecular weight excluding hydrogens is 264 g/mol. The normalized spacial score (nSPS) is 15.7. The molecule has 0 aromatic heterocycles. The molecule has 1 aliphatic rings. The van der Waals surface area contributed by atoms with Crippen LogP contribution in [0.1, 0.15) is 31.2 Å². The van der Waals surface area contributed by atoms with E-state index in [-0.39, 0.29) is 12.5 Å². The molecule has 116 valence electrons. The number of aryl methyl sites for hydroxylation is 1. The van der Waals surface area contributed by atoms with E-state index in [4.69, 9.17) is 4.74 Å². The van der Waals surface area contributed by atoms with Crippen LogP contribution in [0.3, 0.4) is 0 Å². The lowest BCUT2D eigenvalue weighted by molar-refractivity contribution is -0.123. The smallest absolute Gasteiger partial charge is 0.257 e. The first kappa shape index (κ1) is 15.8. The number of piperidine rings is 1. The van der Waals surface area contributed by atoms with Gasteiger partial charge in [0.05, 0.1) is 0 Å². The average molecular weight is 290 g/mol. The second-order valence-corrected chi connectivity index (χ2v) is 5.71. The molecule has 4 heteroatoms. The van der Waals surface area contributed by atoms with Crippen LogP contribution in [0.4, 0.5) is 0 Å². The van der Waals surface area contributed by atoms with Crippen LogP contribution in [0, 0.1) is 6.92 Å². The number of hydrogen-bond donors (Lipinski definition) is 1. The molecule has 1 heterocycles. The molecule has 1 aliphatic heterocycles. The highest BCUT2D eigenvalue weighted by Crippen LogP contribution is 2.12. The Balaban J connectivity index is 1.55. The van der Waals surface area contributed by atoms with Crippen molar-refractivity contribution in [3.05, 3.63) is 29.8 Å². The molecule has 0 bridgehead atoms. The van der Waals surface area contributed by atoms with Gasteiger partial charge < -0.3 is 15.0 Å². The minimum atomic E-state index is -0.0462. The third-order valence-corrected chi connectivity index (χ3v) is 3.78. The molecule has 1 aromatic rings. The van der Waals surface area contributed by atoms with E-state index >= 15 is 0 Å². The van der Waals surface area contributed by atoms with Gasteiger partial charge in [-0.05, 0) is 63.5 Å². The third kappa shape index (κ3) is 6.17. The molecule has 0 unspecified atom stereocenters. The number of amides is 1. The van der Waals surface area contributed by atoms with E-state index < -0.39 is 0 Å². The van der Waals surface area contributed by atoms with E-state index in [0.29, 0.717) is 0 Å². The van der Waals surface area contributed by atoms with Crippen LogP contribution >= 0.6 is 0 Å². The molecule has 0 atom stereocenters. The van der Waals surface area contributed by atoms with Crippen molar-refractivity contribution in [2.75, 3.05) is 32.8 Å². The molecule has 1 saturated heterocycles. The second kappa shape index (κ2) is 8.67. The van der Waals surface area contributed by atoms with Crippen molar-refractivity contribution in [1.29, 1.82) is 0 Å². The SMILES string of the molecule is Cc1cccc(OCC(=O)NCCCN2CCCCC2)c1. The molecular formula is C17H26N2O2. The van der Waals surface area contributed by atoms with Gasteiger partial charge >= 0.3 is 0 Å². The largest absolute Gasteiger partial charge is 0.484 e. The quantitative estimate of drug-likeness (QED) is 0.784. The topological polar surface area (TPSA) is 41.6 Å². The molecule has 1 aromatic carbocycles. The number of likely N-dealkylation sites (tertiary alicyclic amines) is 1. The van der Waals surface area contributed by atoms with Gasteiger partial charge in [-0.25, -0.2) is 0 Å². The van der Waals surface area contributed by atoms with Crippen molar-refractivity contribution in [2.24, 2.45) is 0 Å². The van der Waals surface area contributed by atoms with Crippen molar-refractivity contribution in [3.8, 4) is 5.75 Å². The zero-order chi connectivity index (χ0) is 14.9. The number of nitrogens with one attached hydrogen (secondary N) is 1. The monoisotopic (exact) mass is 290 g/mol. The summed E-state index contributed by atoms with van der Waals surface area (Å²) in [5.74, 6) is 0.702. The minimum Gasteiger partial charge on any atom is -0.484 e. The Morgan fingerprint density at radius 1 is 1.29 bits per heavy atom. The van der Waals surface area contributed by atoms with Crippen LogP contribution in [0.25, 0.3) is 0 Å².